The van der Waals surface area contributed by atoms with Gasteiger partial charge in [0.15, 0.2) is 0 Å². The Morgan fingerprint density at radius 3 is 2.21 bits per heavy atom. The molecule has 1 N–H and O–H groups in total. The van der Waals surface area contributed by atoms with Crippen LogP contribution in [0, 0.1) is 20.8 Å². The van der Waals surface area contributed by atoms with E-state index in [0.29, 0.717) is 6.04 Å². The maximum Gasteiger partial charge on any atom is 0.0398 e. The minimum absolute atomic E-state index is 0.699. The summed E-state index contributed by atoms with van der Waals surface area (Å²) in [4.78, 5) is 2.51. The molecule has 0 saturated heterocycles. The first kappa shape index (κ1) is 14.4. The number of nitrogens with one attached hydrogen (secondary N) is 1. The van der Waals surface area contributed by atoms with Crippen molar-refractivity contribution in [1.82, 2.24) is 5.32 Å². The van der Waals surface area contributed by atoms with Crippen molar-refractivity contribution in [2.24, 2.45) is 0 Å². The van der Waals surface area contributed by atoms with Gasteiger partial charge in [-0.3, -0.25) is 0 Å². The van der Waals surface area contributed by atoms with Gasteiger partial charge in [-0.25, -0.2) is 0 Å². The first-order valence-electron chi connectivity index (χ1n) is 7.51. The Morgan fingerprint density at radius 2 is 1.63 bits per heavy atom. The zero-order valence-corrected chi connectivity index (χ0v) is 13.1. The molecule has 1 aliphatic carbocycles. The van der Waals surface area contributed by atoms with E-state index >= 15 is 0 Å². The quantitative estimate of drug-likeness (QED) is 0.893. The Hall–Kier alpha value is -1.02. The van der Waals surface area contributed by atoms with Gasteiger partial charge in [0.2, 0.25) is 0 Å². The molecule has 1 saturated carbocycles. The maximum atomic E-state index is 3.41. The zero-order valence-electron chi connectivity index (χ0n) is 13.1. The summed E-state index contributed by atoms with van der Waals surface area (Å²) in [6.45, 7) is 6.69. The highest BCUT2D eigenvalue weighted by atomic mass is 15.1. The standard InChI is InChI=1S/C17H28N2/c1-12-6-11-17(14(3)13(12)2)19(5)16-9-7-15(18-4)8-10-16/h6,11,15-16,18H,7-10H2,1-5H3. The van der Waals surface area contributed by atoms with E-state index in [0.717, 1.165) is 6.04 Å². The summed E-state index contributed by atoms with van der Waals surface area (Å²) in [6, 6.07) is 5.98. The average Bonchev–Trinajstić information content (AvgIpc) is 2.44. The largest absolute Gasteiger partial charge is 0.371 e. The van der Waals surface area contributed by atoms with E-state index in [1.54, 1.807) is 0 Å². The van der Waals surface area contributed by atoms with Gasteiger partial charge < -0.3 is 10.2 Å². The summed E-state index contributed by atoms with van der Waals surface area (Å²) in [5, 5.41) is 3.41. The molecule has 0 bridgehead atoms. The molecule has 2 heteroatoms. The van der Waals surface area contributed by atoms with Gasteiger partial charge in [0.05, 0.1) is 0 Å². The lowest BCUT2D eigenvalue weighted by molar-refractivity contribution is 0.351. The molecule has 0 spiro atoms. The highest BCUT2D eigenvalue weighted by molar-refractivity contribution is 5.58. The Balaban J connectivity index is 2.12. The lowest BCUT2D eigenvalue weighted by Crippen LogP contribution is -2.40. The Kier molecular flexibility index (Phi) is 4.51. The van der Waals surface area contributed by atoms with Crippen molar-refractivity contribution < 1.29 is 0 Å². The normalized spacial score (nSPS) is 23.4. The molecule has 0 aromatic heterocycles. The van der Waals surface area contributed by atoms with Gasteiger partial charge in [0.25, 0.3) is 0 Å². The first-order chi connectivity index (χ1) is 9.04. The summed E-state index contributed by atoms with van der Waals surface area (Å²) in [5.74, 6) is 0. The third kappa shape index (κ3) is 2.94. The second-order valence-corrected chi connectivity index (χ2v) is 6.06. The van der Waals surface area contributed by atoms with Crippen molar-refractivity contribution in [2.45, 2.75) is 58.5 Å². The van der Waals surface area contributed by atoms with E-state index in [1.165, 1.54) is 48.1 Å². The van der Waals surface area contributed by atoms with E-state index in [2.05, 4.69) is 57.2 Å². The molecule has 1 fully saturated rings. The van der Waals surface area contributed by atoms with Crippen LogP contribution < -0.4 is 10.2 Å². The lowest BCUT2D eigenvalue weighted by Gasteiger charge is -2.37. The third-order valence-corrected chi connectivity index (χ3v) is 5.06. The molecule has 0 aliphatic heterocycles. The van der Waals surface area contributed by atoms with Crippen molar-refractivity contribution in [3.63, 3.8) is 0 Å². The average molecular weight is 260 g/mol. The van der Waals surface area contributed by atoms with Gasteiger partial charge in [-0.05, 0) is 76.3 Å². The van der Waals surface area contributed by atoms with E-state index in [4.69, 9.17) is 0 Å². The van der Waals surface area contributed by atoms with Crippen LogP contribution in [-0.4, -0.2) is 26.2 Å². The summed E-state index contributed by atoms with van der Waals surface area (Å²) in [5.41, 5.74) is 5.69. The van der Waals surface area contributed by atoms with Crippen LogP contribution in [0.2, 0.25) is 0 Å². The number of hydrogen-bond acceptors (Lipinski definition) is 2. The first-order valence-corrected chi connectivity index (χ1v) is 7.51. The number of nitrogens with zero attached hydrogens (tertiary/aromatic N) is 1. The maximum absolute atomic E-state index is 3.41. The molecule has 2 rings (SSSR count). The fourth-order valence-electron chi connectivity index (χ4n) is 3.27. The van der Waals surface area contributed by atoms with Crippen LogP contribution in [0.15, 0.2) is 12.1 Å². The van der Waals surface area contributed by atoms with Crippen LogP contribution in [0.1, 0.15) is 42.4 Å². The molecule has 1 aromatic carbocycles. The van der Waals surface area contributed by atoms with Crippen molar-refractivity contribution in [3.8, 4) is 0 Å². The fraction of sp³-hybridized carbons (Fsp3) is 0.647. The highest BCUT2D eigenvalue weighted by Gasteiger charge is 2.24. The Labute approximate surface area is 118 Å². The molecule has 1 aliphatic rings. The topological polar surface area (TPSA) is 15.3 Å². The molecular weight excluding hydrogens is 232 g/mol. The molecule has 2 nitrogen and oxygen atoms in total. The molecule has 0 unspecified atom stereocenters. The van der Waals surface area contributed by atoms with Crippen LogP contribution in [0.3, 0.4) is 0 Å². The Morgan fingerprint density at radius 1 is 1.00 bits per heavy atom. The second-order valence-electron chi connectivity index (χ2n) is 6.06. The van der Waals surface area contributed by atoms with E-state index in [-0.39, 0.29) is 0 Å². The predicted octanol–water partition coefficient (Wildman–Crippen LogP) is 3.58. The fourth-order valence-corrected chi connectivity index (χ4v) is 3.27. The number of hydrogen-bond donors (Lipinski definition) is 1. The molecule has 1 aromatic rings. The summed E-state index contributed by atoms with van der Waals surface area (Å²) in [6.07, 6.45) is 5.20. The summed E-state index contributed by atoms with van der Waals surface area (Å²) >= 11 is 0. The van der Waals surface area contributed by atoms with Gasteiger partial charge in [-0.2, -0.15) is 0 Å². The molecular formula is C17H28N2. The van der Waals surface area contributed by atoms with Gasteiger partial charge in [0, 0.05) is 24.8 Å². The Bertz CT molecular complexity index is 431. The van der Waals surface area contributed by atoms with E-state index in [9.17, 15) is 0 Å². The lowest BCUT2D eigenvalue weighted by atomic mass is 9.89. The van der Waals surface area contributed by atoms with Gasteiger partial charge >= 0.3 is 0 Å². The number of aryl methyl sites for hydroxylation is 1. The summed E-state index contributed by atoms with van der Waals surface area (Å²) < 4.78 is 0. The van der Waals surface area contributed by atoms with Gasteiger partial charge in [-0.1, -0.05) is 6.07 Å². The summed E-state index contributed by atoms with van der Waals surface area (Å²) in [7, 11) is 4.35. The second kappa shape index (κ2) is 5.96. The van der Waals surface area contributed by atoms with Gasteiger partial charge in [0.1, 0.15) is 0 Å². The van der Waals surface area contributed by atoms with Crippen molar-refractivity contribution >= 4 is 5.69 Å². The molecule has 106 valence electrons. The van der Waals surface area contributed by atoms with E-state index in [1.807, 2.05) is 0 Å². The minimum Gasteiger partial charge on any atom is -0.371 e. The van der Waals surface area contributed by atoms with Crippen LogP contribution in [0.5, 0.6) is 0 Å². The van der Waals surface area contributed by atoms with Gasteiger partial charge in [-0.15, -0.1) is 0 Å². The molecule has 0 radical (unpaired) electrons. The zero-order chi connectivity index (χ0) is 14.0. The minimum atomic E-state index is 0.699. The van der Waals surface area contributed by atoms with Crippen LogP contribution in [-0.2, 0) is 0 Å². The molecule has 0 atom stereocenters. The number of anilines is 1. The molecule has 0 heterocycles. The smallest absolute Gasteiger partial charge is 0.0398 e. The van der Waals surface area contributed by atoms with Crippen LogP contribution >= 0.6 is 0 Å². The number of rotatable bonds is 3. The van der Waals surface area contributed by atoms with Crippen molar-refractivity contribution in [2.75, 3.05) is 19.0 Å². The molecule has 19 heavy (non-hydrogen) atoms. The highest BCUT2D eigenvalue weighted by Crippen LogP contribution is 2.30. The SMILES string of the molecule is CNC1CCC(N(C)c2ccc(C)c(C)c2C)CC1. The molecule has 0 amide bonds. The third-order valence-electron chi connectivity index (χ3n) is 5.06. The van der Waals surface area contributed by atoms with Crippen molar-refractivity contribution in [3.05, 3.63) is 28.8 Å². The van der Waals surface area contributed by atoms with E-state index < -0.39 is 0 Å². The number of benzene rings is 1. The van der Waals surface area contributed by atoms with Crippen molar-refractivity contribution in [1.29, 1.82) is 0 Å². The van der Waals surface area contributed by atoms with Crippen LogP contribution in [0.4, 0.5) is 5.69 Å². The predicted molar refractivity (Wildman–Crippen MR) is 84.2 cm³/mol. The monoisotopic (exact) mass is 260 g/mol. The van der Waals surface area contributed by atoms with Crippen LogP contribution in [0.25, 0.3) is 0 Å².